The van der Waals surface area contributed by atoms with Crippen molar-refractivity contribution in [1.29, 1.82) is 0 Å². The molecule has 1 heterocycles. The Labute approximate surface area is 109 Å². The fraction of sp³-hybridized carbons (Fsp3) is 0.846. The van der Waals surface area contributed by atoms with Gasteiger partial charge in [-0.25, -0.2) is 4.79 Å². The molecule has 0 aromatic heterocycles. The molecule has 1 aliphatic heterocycles. The molecule has 0 saturated carbocycles. The Morgan fingerprint density at radius 1 is 1.44 bits per heavy atom. The zero-order chi connectivity index (χ0) is 13.8. The summed E-state index contributed by atoms with van der Waals surface area (Å²) in [5.74, 6) is 0.243. The van der Waals surface area contributed by atoms with Crippen molar-refractivity contribution in [3.05, 3.63) is 0 Å². The van der Waals surface area contributed by atoms with E-state index in [0.717, 1.165) is 19.5 Å². The van der Waals surface area contributed by atoms with Crippen molar-refractivity contribution in [1.82, 2.24) is 10.2 Å². The third-order valence-corrected chi connectivity index (χ3v) is 3.36. The van der Waals surface area contributed by atoms with E-state index < -0.39 is 5.41 Å². The van der Waals surface area contributed by atoms with Crippen molar-refractivity contribution >= 4 is 12.0 Å². The normalized spacial score (nSPS) is 20.4. The van der Waals surface area contributed by atoms with Gasteiger partial charge < -0.3 is 15.0 Å². The zero-order valence-corrected chi connectivity index (χ0v) is 11.8. The number of ether oxygens (including phenoxy) is 1. The molecule has 0 aromatic carbocycles. The second-order valence-electron chi connectivity index (χ2n) is 5.73. The van der Waals surface area contributed by atoms with Crippen LogP contribution in [0.4, 0.5) is 4.79 Å². The molecule has 104 valence electrons. The minimum atomic E-state index is -0.689. The lowest BCUT2D eigenvalue weighted by Gasteiger charge is -2.32. The van der Waals surface area contributed by atoms with Crippen LogP contribution in [-0.2, 0) is 9.53 Å². The number of nitrogens with zero attached hydrogens (tertiary/aromatic N) is 1. The van der Waals surface area contributed by atoms with Gasteiger partial charge in [-0.15, -0.1) is 0 Å². The number of nitrogens with one attached hydrogen (secondary N) is 1. The number of likely N-dealkylation sites (tertiary alicyclic amines) is 1. The van der Waals surface area contributed by atoms with Crippen molar-refractivity contribution in [2.75, 3.05) is 26.7 Å². The molecule has 1 N–H and O–H groups in total. The fourth-order valence-corrected chi connectivity index (χ4v) is 2.13. The Morgan fingerprint density at radius 3 is 2.67 bits per heavy atom. The van der Waals surface area contributed by atoms with Gasteiger partial charge >= 0.3 is 12.0 Å². The summed E-state index contributed by atoms with van der Waals surface area (Å²) in [4.78, 5) is 25.3. The minimum absolute atomic E-state index is 0.0847. The average molecular weight is 256 g/mol. The van der Waals surface area contributed by atoms with E-state index in [2.05, 4.69) is 12.2 Å². The number of methoxy groups -OCH3 is 1. The van der Waals surface area contributed by atoms with E-state index in [-0.39, 0.29) is 12.0 Å². The molecule has 0 spiro atoms. The molecule has 1 atom stereocenters. The largest absolute Gasteiger partial charge is 0.469 e. The van der Waals surface area contributed by atoms with Gasteiger partial charge in [0.05, 0.1) is 12.5 Å². The highest BCUT2D eigenvalue weighted by Crippen LogP contribution is 2.17. The van der Waals surface area contributed by atoms with Crippen molar-refractivity contribution in [2.24, 2.45) is 11.3 Å². The van der Waals surface area contributed by atoms with Crippen LogP contribution in [0.2, 0.25) is 0 Å². The molecule has 1 unspecified atom stereocenters. The van der Waals surface area contributed by atoms with Gasteiger partial charge in [0.2, 0.25) is 0 Å². The van der Waals surface area contributed by atoms with E-state index in [1.165, 1.54) is 13.5 Å². The Bertz CT molecular complexity index is 315. The predicted octanol–water partition coefficient (Wildman–Crippen LogP) is 1.63. The van der Waals surface area contributed by atoms with Gasteiger partial charge in [-0.05, 0) is 32.6 Å². The third kappa shape index (κ3) is 3.89. The number of rotatable bonds is 3. The highest BCUT2D eigenvalue weighted by Gasteiger charge is 2.30. The number of urea groups is 1. The smallest absolute Gasteiger partial charge is 0.317 e. The SMILES string of the molecule is COC(=O)C(C)(C)CNC(=O)N1CCCC(C)C1. The summed E-state index contributed by atoms with van der Waals surface area (Å²) in [7, 11) is 1.36. The summed E-state index contributed by atoms with van der Waals surface area (Å²) in [6.07, 6.45) is 2.23. The molecular formula is C13H24N2O3. The number of carbonyl (C=O) groups is 2. The quantitative estimate of drug-likeness (QED) is 0.781. The molecule has 1 saturated heterocycles. The number of esters is 1. The van der Waals surface area contributed by atoms with Crippen LogP contribution in [0.5, 0.6) is 0 Å². The van der Waals surface area contributed by atoms with Gasteiger partial charge in [0.25, 0.3) is 0 Å². The first-order valence-corrected chi connectivity index (χ1v) is 6.48. The highest BCUT2D eigenvalue weighted by molar-refractivity contribution is 5.78. The number of hydrogen-bond donors (Lipinski definition) is 1. The maximum Gasteiger partial charge on any atom is 0.317 e. The van der Waals surface area contributed by atoms with Gasteiger partial charge in [-0.3, -0.25) is 4.79 Å². The predicted molar refractivity (Wildman–Crippen MR) is 69.2 cm³/mol. The first kappa shape index (κ1) is 14.8. The van der Waals surface area contributed by atoms with Crippen LogP contribution in [0.15, 0.2) is 0 Å². The van der Waals surface area contributed by atoms with E-state index in [9.17, 15) is 9.59 Å². The summed E-state index contributed by atoms with van der Waals surface area (Å²) in [5.41, 5.74) is -0.689. The molecular weight excluding hydrogens is 232 g/mol. The summed E-state index contributed by atoms with van der Waals surface area (Å²) < 4.78 is 4.71. The molecule has 1 fully saturated rings. The van der Waals surface area contributed by atoms with Crippen molar-refractivity contribution in [3.8, 4) is 0 Å². The topological polar surface area (TPSA) is 58.6 Å². The molecule has 0 bridgehead atoms. The molecule has 18 heavy (non-hydrogen) atoms. The van der Waals surface area contributed by atoms with E-state index in [1.54, 1.807) is 13.8 Å². The van der Waals surface area contributed by atoms with Gasteiger partial charge in [-0.1, -0.05) is 6.92 Å². The van der Waals surface area contributed by atoms with E-state index in [4.69, 9.17) is 4.74 Å². The Balaban J connectivity index is 2.43. The Hall–Kier alpha value is -1.26. The van der Waals surface area contributed by atoms with Crippen molar-refractivity contribution in [3.63, 3.8) is 0 Å². The van der Waals surface area contributed by atoms with Crippen molar-refractivity contribution in [2.45, 2.75) is 33.6 Å². The van der Waals surface area contributed by atoms with Crippen LogP contribution >= 0.6 is 0 Å². The van der Waals surface area contributed by atoms with Crippen LogP contribution < -0.4 is 5.32 Å². The Morgan fingerprint density at radius 2 is 2.11 bits per heavy atom. The molecule has 5 nitrogen and oxygen atoms in total. The van der Waals surface area contributed by atoms with E-state index in [1.807, 2.05) is 4.90 Å². The second-order valence-corrected chi connectivity index (χ2v) is 5.73. The summed E-state index contributed by atoms with van der Waals surface area (Å²) in [6.45, 7) is 7.57. The molecule has 0 aliphatic carbocycles. The summed E-state index contributed by atoms with van der Waals surface area (Å²) in [5, 5.41) is 2.81. The maximum absolute atomic E-state index is 12.0. The fourth-order valence-electron chi connectivity index (χ4n) is 2.13. The molecule has 1 rings (SSSR count). The van der Waals surface area contributed by atoms with E-state index >= 15 is 0 Å². The molecule has 1 aliphatic rings. The van der Waals surface area contributed by atoms with Gasteiger partial charge in [0, 0.05) is 19.6 Å². The monoisotopic (exact) mass is 256 g/mol. The minimum Gasteiger partial charge on any atom is -0.469 e. The van der Waals surface area contributed by atoms with Crippen LogP contribution in [0.1, 0.15) is 33.6 Å². The van der Waals surface area contributed by atoms with Crippen LogP contribution in [0.25, 0.3) is 0 Å². The number of amides is 2. The van der Waals surface area contributed by atoms with Crippen LogP contribution in [0, 0.1) is 11.3 Å². The number of hydrogen-bond acceptors (Lipinski definition) is 3. The number of piperidine rings is 1. The second kappa shape index (κ2) is 6.07. The number of carbonyl (C=O) groups excluding carboxylic acids is 2. The molecule has 5 heteroatoms. The molecule has 2 amide bonds. The average Bonchev–Trinajstić information content (AvgIpc) is 2.35. The van der Waals surface area contributed by atoms with Gasteiger partial charge in [0.1, 0.15) is 0 Å². The standard InChI is InChI=1S/C13H24N2O3/c1-10-6-5-7-15(8-10)12(17)14-9-13(2,3)11(16)18-4/h10H,5-9H2,1-4H3,(H,14,17). The maximum atomic E-state index is 12.0. The lowest BCUT2D eigenvalue weighted by Crippen LogP contribution is -2.48. The van der Waals surface area contributed by atoms with Gasteiger partial charge in [-0.2, -0.15) is 0 Å². The summed E-state index contributed by atoms with van der Waals surface area (Å²) >= 11 is 0. The first-order chi connectivity index (χ1) is 8.36. The van der Waals surface area contributed by atoms with E-state index in [0.29, 0.717) is 12.5 Å². The highest BCUT2D eigenvalue weighted by atomic mass is 16.5. The lowest BCUT2D eigenvalue weighted by atomic mass is 9.94. The van der Waals surface area contributed by atoms with Crippen LogP contribution in [-0.4, -0.2) is 43.6 Å². The summed E-state index contributed by atoms with van der Waals surface area (Å²) in [6, 6.07) is -0.0847. The Kier molecular flexibility index (Phi) is 4.99. The zero-order valence-electron chi connectivity index (χ0n) is 11.8. The lowest BCUT2D eigenvalue weighted by molar-refractivity contribution is -0.150. The first-order valence-electron chi connectivity index (χ1n) is 6.48. The third-order valence-electron chi connectivity index (χ3n) is 3.36. The van der Waals surface area contributed by atoms with Crippen LogP contribution in [0.3, 0.4) is 0 Å². The van der Waals surface area contributed by atoms with Gasteiger partial charge in [0.15, 0.2) is 0 Å². The molecule has 0 aromatic rings. The van der Waals surface area contributed by atoms with Crippen molar-refractivity contribution < 1.29 is 14.3 Å². The molecule has 0 radical (unpaired) electrons.